The minimum absolute atomic E-state index is 0.0684. The number of rotatable bonds is 15. The summed E-state index contributed by atoms with van der Waals surface area (Å²) in [6, 6.07) is 0. The molecule has 0 aliphatic carbocycles. The zero-order valence-electron chi connectivity index (χ0n) is 13.8. The number of unbranched alkanes of at least 4 members (excludes halogenated alkanes) is 9. The van der Waals surface area contributed by atoms with E-state index < -0.39 is 0 Å². The minimum atomic E-state index is -0.0684. The van der Waals surface area contributed by atoms with Crippen LogP contribution in [0.15, 0.2) is 12.2 Å². The van der Waals surface area contributed by atoms with Crippen LogP contribution in [-0.4, -0.2) is 18.3 Å². The van der Waals surface area contributed by atoms with E-state index in [2.05, 4.69) is 31.7 Å². The zero-order valence-corrected chi connectivity index (χ0v) is 14.7. The monoisotopic (exact) mass is 314 g/mol. The minimum Gasteiger partial charge on any atom is -0.465 e. The van der Waals surface area contributed by atoms with E-state index in [9.17, 15) is 4.79 Å². The molecule has 0 radical (unpaired) electrons. The highest BCUT2D eigenvalue weighted by molar-refractivity contribution is 7.80. The molecular weight excluding hydrogens is 280 g/mol. The van der Waals surface area contributed by atoms with Crippen molar-refractivity contribution in [1.29, 1.82) is 0 Å². The van der Waals surface area contributed by atoms with Crippen LogP contribution >= 0.6 is 12.6 Å². The number of hydrogen-bond donors (Lipinski definition) is 1. The molecular formula is C18H34O2S. The second-order valence-corrected chi connectivity index (χ2v) is 5.99. The van der Waals surface area contributed by atoms with Crippen LogP contribution in [0.1, 0.15) is 84.0 Å². The molecule has 0 bridgehead atoms. The Kier molecular flexibility index (Phi) is 17.2. The average molecular weight is 315 g/mol. The summed E-state index contributed by atoms with van der Waals surface area (Å²) in [5.74, 6) is 0.543. The summed E-state index contributed by atoms with van der Waals surface area (Å²) in [7, 11) is 0. The Balaban J connectivity index is 3.09. The summed E-state index contributed by atoms with van der Waals surface area (Å²) in [5.41, 5.74) is 0. The highest BCUT2D eigenvalue weighted by atomic mass is 32.1. The molecule has 0 atom stereocenters. The van der Waals surface area contributed by atoms with Gasteiger partial charge in [-0.3, -0.25) is 4.79 Å². The predicted molar refractivity (Wildman–Crippen MR) is 95.0 cm³/mol. The summed E-state index contributed by atoms with van der Waals surface area (Å²) < 4.78 is 4.98. The van der Waals surface area contributed by atoms with Crippen molar-refractivity contribution >= 4 is 18.6 Å². The van der Waals surface area contributed by atoms with Crippen molar-refractivity contribution in [1.82, 2.24) is 0 Å². The van der Waals surface area contributed by atoms with Gasteiger partial charge in [0.1, 0.15) is 6.61 Å². The Morgan fingerprint density at radius 3 is 2.05 bits per heavy atom. The lowest BCUT2D eigenvalue weighted by molar-refractivity contribution is -0.143. The first-order chi connectivity index (χ1) is 10.3. The lowest BCUT2D eigenvalue weighted by Gasteiger charge is -2.03. The number of ether oxygens (including phenoxy) is 1. The Morgan fingerprint density at radius 1 is 0.905 bits per heavy atom. The Bertz CT molecular complexity index is 252. The van der Waals surface area contributed by atoms with Crippen LogP contribution in [0.25, 0.3) is 0 Å². The maximum Gasteiger partial charge on any atom is 0.305 e. The standard InChI is InChI=1S/C18H34O2S/c1-2-3-4-5-6-7-8-9-10-11-12-13-14-15-18(19)20-16-17-21/h3-4,21H,2,5-17H2,1H3/b4-3+. The molecule has 0 aliphatic rings. The molecule has 0 fully saturated rings. The van der Waals surface area contributed by atoms with E-state index >= 15 is 0 Å². The number of thiol groups is 1. The first-order valence-corrected chi connectivity index (χ1v) is 9.36. The molecule has 124 valence electrons. The summed E-state index contributed by atoms with van der Waals surface area (Å²) >= 11 is 4.01. The van der Waals surface area contributed by atoms with Crippen molar-refractivity contribution in [2.45, 2.75) is 84.0 Å². The molecule has 3 heteroatoms. The molecule has 2 nitrogen and oxygen atoms in total. The molecule has 0 aromatic heterocycles. The summed E-state index contributed by atoms with van der Waals surface area (Å²) in [4.78, 5) is 11.2. The van der Waals surface area contributed by atoms with Gasteiger partial charge in [0, 0.05) is 12.2 Å². The van der Waals surface area contributed by atoms with Crippen molar-refractivity contribution in [3.8, 4) is 0 Å². The third kappa shape index (κ3) is 17.5. The molecule has 0 heterocycles. The quantitative estimate of drug-likeness (QED) is 0.181. The van der Waals surface area contributed by atoms with E-state index in [0.29, 0.717) is 18.8 Å². The molecule has 0 aromatic rings. The third-order valence-corrected chi connectivity index (χ3v) is 3.69. The SMILES string of the molecule is CC/C=C/CCCCCCCCCCCC(=O)OCCS. The average Bonchev–Trinajstić information content (AvgIpc) is 2.49. The van der Waals surface area contributed by atoms with Gasteiger partial charge in [-0.15, -0.1) is 0 Å². The van der Waals surface area contributed by atoms with E-state index in [0.717, 1.165) is 19.3 Å². The van der Waals surface area contributed by atoms with Gasteiger partial charge >= 0.3 is 5.97 Å². The highest BCUT2D eigenvalue weighted by Gasteiger charge is 2.01. The van der Waals surface area contributed by atoms with E-state index in [4.69, 9.17) is 4.74 Å². The number of carbonyl (C=O) groups is 1. The second kappa shape index (κ2) is 17.6. The summed E-state index contributed by atoms with van der Waals surface area (Å²) in [5, 5.41) is 0. The lowest BCUT2D eigenvalue weighted by atomic mass is 10.1. The number of esters is 1. The molecule has 0 saturated heterocycles. The van der Waals surface area contributed by atoms with Gasteiger partial charge in [0.05, 0.1) is 0 Å². The van der Waals surface area contributed by atoms with Crippen LogP contribution in [0.5, 0.6) is 0 Å². The van der Waals surface area contributed by atoms with Gasteiger partial charge in [0.2, 0.25) is 0 Å². The van der Waals surface area contributed by atoms with Crippen LogP contribution in [0.4, 0.5) is 0 Å². The van der Waals surface area contributed by atoms with Crippen LogP contribution in [0.2, 0.25) is 0 Å². The van der Waals surface area contributed by atoms with Gasteiger partial charge in [-0.25, -0.2) is 0 Å². The first-order valence-electron chi connectivity index (χ1n) is 8.72. The van der Waals surface area contributed by atoms with Crippen LogP contribution in [0, 0.1) is 0 Å². The Labute approximate surface area is 137 Å². The summed E-state index contributed by atoms with van der Waals surface area (Å²) in [6.45, 7) is 2.62. The lowest BCUT2D eigenvalue weighted by Crippen LogP contribution is -2.06. The van der Waals surface area contributed by atoms with Gasteiger partial charge in [0.15, 0.2) is 0 Å². The molecule has 0 spiro atoms. The third-order valence-electron chi connectivity index (χ3n) is 3.51. The van der Waals surface area contributed by atoms with Crippen molar-refractivity contribution in [2.24, 2.45) is 0 Å². The van der Waals surface area contributed by atoms with Crippen LogP contribution in [0.3, 0.4) is 0 Å². The smallest absolute Gasteiger partial charge is 0.305 e. The van der Waals surface area contributed by atoms with E-state index in [-0.39, 0.29) is 5.97 Å². The van der Waals surface area contributed by atoms with Crippen molar-refractivity contribution in [3.63, 3.8) is 0 Å². The van der Waals surface area contributed by atoms with Crippen molar-refractivity contribution < 1.29 is 9.53 Å². The fraction of sp³-hybridized carbons (Fsp3) is 0.833. The summed E-state index contributed by atoms with van der Waals surface area (Å²) in [6.07, 6.45) is 19.0. The number of allylic oxidation sites excluding steroid dienone is 2. The molecule has 0 amide bonds. The molecule has 0 unspecified atom stereocenters. The molecule has 0 N–H and O–H groups in total. The van der Waals surface area contributed by atoms with Crippen molar-refractivity contribution in [2.75, 3.05) is 12.4 Å². The fourth-order valence-corrected chi connectivity index (χ4v) is 2.38. The maximum absolute atomic E-state index is 11.2. The molecule has 0 aliphatic heterocycles. The predicted octanol–water partition coefficient (Wildman–Crippen LogP) is 5.72. The van der Waals surface area contributed by atoms with Crippen LogP contribution in [-0.2, 0) is 9.53 Å². The van der Waals surface area contributed by atoms with E-state index in [1.165, 1.54) is 51.4 Å². The second-order valence-electron chi connectivity index (χ2n) is 5.54. The molecule has 0 aromatic carbocycles. The topological polar surface area (TPSA) is 26.3 Å². The van der Waals surface area contributed by atoms with Crippen LogP contribution < -0.4 is 0 Å². The largest absolute Gasteiger partial charge is 0.465 e. The van der Waals surface area contributed by atoms with Crippen molar-refractivity contribution in [3.05, 3.63) is 12.2 Å². The van der Waals surface area contributed by atoms with Gasteiger partial charge in [-0.1, -0.05) is 64.0 Å². The Hall–Kier alpha value is -0.440. The normalized spacial score (nSPS) is 11.1. The fourth-order valence-electron chi connectivity index (χ4n) is 2.29. The first kappa shape index (κ1) is 20.6. The Morgan fingerprint density at radius 2 is 1.48 bits per heavy atom. The molecule has 0 saturated carbocycles. The maximum atomic E-state index is 11.2. The van der Waals surface area contributed by atoms with E-state index in [1.54, 1.807) is 0 Å². The zero-order chi connectivity index (χ0) is 15.6. The van der Waals surface area contributed by atoms with Gasteiger partial charge in [-0.2, -0.15) is 12.6 Å². The van der Waals surface area contributed by atoms with Gasteiger partial charge in [0.25, 0.3) is 0 Å². The van der Waals surface area contributed by atoms with Gasteiger partial charge < -0.3 is 4.74 Å². The van der Waals surface area contributed by atoms with E-state index in [1.807, 2.05) is 0 Å². The number of hydrogen-bond acceptors (Lipinski definition) is 3. The molecule has 21 heavy (non-hydrogen) atoms. The number of carbonyl (C=O) groups excluding carboxylic acids is 1. The van der Waals surface area contributed by atoms with Gasteiger partial charge in [-0.05, 0) is 25.7 Å². The highest BCUT2D eigenvalue weighted by Crippen LogP contribution is 2.11. The molecule has 0 rings (SSSR count).